The Morgan fingerprint density at radius 1 is 1.21 bits per heavy atom. The van der Waals surface area contributed by atoms with Crippen molar-refractivity contribution >= 4 is 11.6 Å². The molecule has 7 nitrogen and oxygen atoms in total. The second-order valence-electron chi connectivity index (χ2n) is 7.43. The zero-order valence-corrected chi connectivity index (χ0v) is 16.8. The zero-order chi connectivity index (χ0) is 19.3. The van der Waals surface area contributed by atoms with Crippen LogP contribution in [0.5, 0.6) is 0 Å². The summed E-state index contributed by atoms with van der Waals surface area (Å²) in [6.07, 6.45) is 4.32. The van der Waals surface area contributed by atoms with E-state index in [1.807, 2.05) is 22.9 Å². The maximum atomic E-state index is 6.13. The van der Waals surface area contributed by atoms with Crippen LogP contribution in [0.3, 0.4) is 0 Å². The molecule has 0 unspecified atom stereocenters. The zero-order valence-electron chi connectivity index (χ0n) is 16.1. The van der Waals surface area contributed by atoms with Crippen LogP contribution in [0.25, 0.3) is 0 Å². The first-order valence-corrected chi connectivity index (χ1v) is 10.3. The normalized spacial score (nSPS) is 22.4. The van der Waals surface area contributed by atoms with Crippen LogP contribution >= 0.6 is 11.6 Å². The summed E-state index contributed by atoms with van der Waals surface area (Å²) in [6.45, 7) is 10.2. The lowest BCUT2D eigenvalue weighted by atomic mass is 10.0. The third-order valence-corrected chi connectivity index (χ3v) is 5.80. The van der Waals surface area contributed by atoms with Crippen molar-refractivity contribution in [2.24, 2.45) is 0 Å². The quantitative estimate of drug-likeness (QED) is 0.663. The SMILES string of the molecule is C=CCN1CCN([C@H](c2ccc(Cl)cc2)c2nnnn2C[C@@H]2CCCO2)CC1. The van der Waals surface area contributed by atoms with Crippen LogP contribution in [0.15, 0.2) is 36.9 Å². The molecule has 1 aromatic carbocycles. The first-order valence-electron chi connectivity index (χ1n) is 9.95. The molecule has 1 aromatic heterocycles. The number of piperazine rings is 1. The summed E-state index contributed by atoms with van der Waals surface area (Å²) in [5.41, 5.74) is 1.16. The predicted molar refractivity (Wildman–Crippen MR) is 108 cm³/mol. The van der Waals surface area contributed by atoms with Crippen molar-refractivity contribution < 1.29 is 4.74 Å². The molecule has 0 bridgehead atoms. The Labute approximate surface area is 170 Å². The van der Waals surface area contributed by atoms with Gasteiger partial charge in [-0.3, -0.25) is 9.80 Å². The molecule has 4 rings (SSSR count). The van der Waals surface area contributed by atoms with Gasteiger partial charge in [-0.2, -0.15) is 0 Å². The Balaban J connectivity index is 1.60. The number of benzene rings is 1. The molecule has 2 atom stereocenters. The summed E-state index contributed by atoms with van der Waals surface area (Å²) in [5.74, 6) is 0.870. The van der Waals surface area contributed by atoms with E-state index in [-0.39, 0.29) is 12.1 Å². The van der Waals surface area contributed by atoms with Crippen molar-refractivity contribution in [3.8, 4) is 0 Å². The second-order valence-corrected chi connectivity index (χ2v) is 7.87. The predicted octanol–water partition coefficient (Wildman–Crippen LogP) is 2.40. The molecule has 0 aliphatic carbocycles. The molecule has 2 saturated heterocycles. The van der Waals surface area contributed by atoms with Crippen LogP contribution < -0.4 is 0 Å². The second kappa shape index (κ2) is 9.13. The molecule has 0 amide bonds. The summed E-state index contributed by atoms with van der Waals surface area (Å²) < 4.78 is 7.73. The molecular weight excluding hydrogens is 376 g/mol. The van der Waals surface area contributed by atoms with Crippen molar-refractivity contribution in [2.75, 3.05) is 39.3 Å². The monoisotopic (exact) mass is 402 g/mol. The highest BCUT2D eigenvalue weighted by Gasteiger charge is 2.31. The molecule has 0 radical (unpaired) electrons. The number of hydrogen-bond acceptors (Lipinski definition) is 6. The average molecular weight is 403 g/mol. The lowest BCUT2D eigenvalue weighted by Gasteiger charge is -2.38. The lowest BCUT2D eigenvalue weighted by molar-refractivity contribution is 0.0868. The van der Waals surface area contributed by atoms with Crippen LogP contribution in [0.2, 0.25) is 5.02 Å². The molecule has 0 N–H and O–H groups in total. The summed E-state index contributed by atoms with van der Waals surface area (Å²) in [7, 11) is 0. The number of ether oxygens (including phenoxy) is 1. The van der Waals surface area contributed by atoms with Gasteiger partial charge in [-0.05, 0) is 41.0 Å². The van der Waals surface area contributed by atoms with Gasteiger partial charge in [0, 0.05) is 44.4 Å². The van der Waals surface area contributed by atoms with E-state index in [1.54, 1.807) is 0 Å². The van der Waals surface area contributed by atoms with Crippen LogP contribution in [0.4, 0.5) is 0 Å². The van der Waals surface area contributed by atoms with Gasteiger partial charge < -0.3 is 4.74 Å². The topological polar surface area (TPSA) is 59.3 Å². The Morgan fingerprint density at radius 2 is 2.00 bits per heavy atom. The van der Waals surface area contributed by atoms with Crippen LogP contribution in [-0.2, 0) is 11.3 Å². The minimum atomic E-state index is -0.000416. The molecule has 2 fully saturated rings. The standard InChI is InChI=1S/C20H27ClN6O/c1-2-9-25-10-12-26(13-11-25)19(16-5-7-17(21)8-6-16)20-22-23-24-27(20)15-18-4-3-14-28-18/h2,5-8,18-19H,1,3-4,9-15H2/t18-,19+/m0/s1. The molecule has 0 spiro atoms. The van der Waals surface area contributed by atoms with E-state index >= 15 is 0 Å². The third-order valence-electron chi connectivity index (χ3n) is 5.55. The smallest absolute Gasteiger partial charge is 0.173 e. The molecule has 2 aliphatic rings. The number of hydrogen-bond donors (Lipinski definition) is 0. The van der Waals surface area contributed by atoms with Crippen molar-refractivity contribution in [2.45, 2.75) is 31.5 Å². The largest absolute Gasteiger partial charge is 0.376 e. The molecule has 150 valence electrons. The highest BCUT2D eigenvalue weighted by atomic mass is 35.5. The highest BCUT2D eigenvalue weighted by molar-refractivity contribution is 6.30. The fourth-order valence-corrected chi connectivity index (χ4v) is 4.20. The van der Waals surface area contributed by atoms with Crippen molar-refractivity contribution in [1.29, 1.82) is 0 Å². The number of aromatic nitrogens is 4. The number of tetrazole rings is 1. The van der Waals surface area contributed by atoms with E-state index in [1.165, 1.54) is 0 Å². The van der Waals surface area contributed by atoms with Gasteiger partial charge in [0.15, 0.2) is 5.82 Å². The van der Waals surface area contributed by atoms with Crippen LogP contribution in [0, 0.1) is 0 Å². The summed E-state index contributed by atoms with van der Waals surface area (Å²) in [4.78, 5) is 4.87. The van der Waals surface area contributed by atoms with Crippen molar-refractivity contribution in [3.05, 3.63) is 53.3 Å². The first-order chi connectivity index (χ1) is 13.7. The van der Waals surface area contributed by atoms with Gasteiger partial charge in [-0.25, -0.2) is 4.68 Å². The first kappa shape index (κ1) is 19.5. The molecular formula is C20H27ClN6O. The average Bonchev–Trinajstić information content (AvgIpc) is 3.38. The Hall–Kier alpha value is -1.80. The van der Waals surface area contributed by atoms with E-state index in [0.29, 0.717) is 6.54 Å². The van der Waals surface area contributed by atoms with Gasteiger partial charge in [0.25, 0.3) is 0 Å². The van der Waals surface area contributed by atoms with Gasteiger partial charge in [0.1, 0.15) is 0 Å². The van der Waals surface area contributed by atoms with E-state index in [2.05, 4.69) is 44.0 Å². The van der Waals surface area contributed by atoms with Crippen LogP contribution in [-0.4, -0.2) is 75.4 Å². The summed E-state index contributed by atoms with van der Waals surface area (Å²) in [6, 6.07) is 8.03. The Bertz CT molecular complexity index is 765. The van der Waals surface area contributed by atoms with Gasteiger partial charge in [-0.1, -0.05) is 29.8 Å². The third kappa shape index (κ3) is 4.43. The van der Waals surface area contributed by atoms with Gasteiger partial charge >= 0.3 is 0 Å². The molecule has 0 saturated carbocycles. The minimum Gasteiger partial charge on any atom is -0.376 e. The molecule has 2 aliphatic heterocycles. The van der Waals surface area contributed by atoms with Crippen LogP contribution in [0.1, 0.15) is 30.3 Å². The fraction of sp³-hybridized carbons (Fsp3) is 0.550. The number of rotatable bonds is 7. The highest BCUT2D eigenvalue weighted by Crippen LogP contribution is 2.29. The van der Waals surface area contributed by atoms with Crippen molar-refractivity contribution in [1.82, 2.24) is 30.0 Å². The summed E-state index contributed by atoms with van der Waals surface area (Å²) >= 11 is 6.13. The Kier molecular flexibility index (Phi) is 6.36. The number of nitrogens with zero attached hydrogens (tertiary/aromatic N) is 6. The van der Waals surface area contributed by atoms with E-state index in [9.17, 15) is 0 Å². The fourth-order valence-electron chi connectivity index (χ4n) is 4.07. The molecule has 28 heavy (non-hydrogen) atoms. The molecule has 8 heteroatoms. The summed E-state index contributed by atoms with van der Waals surface area (Å²) in [5, 5.41) is 13.4. The molecule has 2 aromatic rings. The van der Waals surface area contributed by atoms with E-state index in [0.717, 1.165) is 68.6 Å². The Morgan fingerprint density at radius 3 is 2.68 bits per heavy atom. The van der Waals surface area contributed by atoms with Gasteiger partial charge in [0.05, 0.1) is 18.7 Å². The minimum absolute atomic E-state index is 0.000416. The molecule has 3 heterocycles. The lowest BCUT2D eigenvalue weighted by Crippen LogP contribution is -2.48. The van der Waals surface area contributed by atoms with Crippen molar-refractivity contribution in [3.63, 3.8) is 0 Å². The number of halogens is 1. The maximum absolute atomic E-state index is 6.13. The van der Waals surface area contributed by atoms with Gasteiger partial charge in [0.2, 0.25) is 0 Å². The van der Waals surface area contributed by atoms with E-state index < -0.39 is 0 Å². The van der Waals surface area contributed by atoms with E-state index in [4.69, 9.17) is 16.3 Å². The maximum Gasteiger partial charge on any atom is 0.173 e. The van der Waals surface area contributed by atoms with Gasteiger partial charge in [-0.15, -0.1) is 11.7 Å².